The fourth-order valence-corrected chi connectivity index (χ4v) is 3.83. The highest BCUT2D eigenvalue weighted by Crippen LogP contribution is 2.28. The van der Waals surface area contributed by atoms with Crippen molar-refractivity contribution in [3.63, 3.8) is 0 Å². The van der Waals surface area contributed by atoms with Gasteiger partial charge in [-0.15, -0.1) is 11.8 Å². The number of rotatable bonds is 8. The summed E-state index contributed by atoms with van der Waals surface area (Å²) in [7, 11) is 0. The molecule has 1 aliphatic rings. The van der Waals surface area contributed by atoms with Gasteiger partial charge < -0.3 is 5.32 Å². The first-order valence-electron chi connectivity index (χ1n) is 7.81. The second-order valence-corrected chi connectivity index (χ2v) is 6.61. The molecule has 106 valence electrons. The molecule has 1 nitrogen and oxygen atoms in total. The van der Waals surface area contributed by atoms with Crippen LogP contribution in [0.4, 0.5) is 0 Å². The maximum atomic E-state index is 3.56. The highest BCUT2D eigenvalue weighted by atomic mass is 32.2. The molecule has 0 radical (unpaired) electrons. The van der Waals surface area contributed by atoms with E-state index in [2.05, 4.69) is 37.4 Å². The summed E-state index contributed by atoms with van der Waals surface area (Å²) in [5.41, 5.74) is 3.19. The van der Waals surface area contributed by atoms with Gasteiger partial charge in [-0.05, 0) is 74.1 Å². The van der Waals surface area contributed by atoms with Gasteiger partial charge in [-0.1, -0.05) is 19.9 Å². The molecule has 1 aromatic carbocycles. The summed E-state index contributed by atoms with van der Waals surface area (Å²) in [5, 5.41) is 3.56. The van der Waals surface area contributed by atoms with E-state index in [-0.39, 0.29) is 0 Å². The van der Waals surface area contributed by atoms with Gasteiger partial charge in [0.25, 0.3) is 0 Å². The van der Waals surface area contributed by atoms with E-state index < -0.39 is 0 Å². The number of thioether (sulfide) groups is 1. The summed E-state index contributed by atoms with van der Waals surface area (Å²) in [4.78, 5) is 1.47. The quantitative estimate of drug-likeness (QED) is 0.557. The van der Waals surface area contributed by atoms with Crippen LogP contribution in [0.25, 0.3) is 0 Å². The summed E-state index contributed by atoms with van der Waals surface area (Å²) in [6.07, 6.45) is 7.81. The average molecular weight is 277 g/mol. The molecule has 1 aliphatic carbocycles. The fraction of sp³-hybridized carbons (Fsp3) is 0.647. The Balaban J connectivity index is 1.71. The zero-order valence-corrected chi connectivity index (χ0v) is 13.2. The van der Waals surface area contributed by atoms with Crippen molar-refractivity contribution < 1.29 is 0 Å². The minimum atomic E-state index is 0.714. The number of hydrogen-bond acceptors (Lipinski definition) is 2. The molecule has 0 fully saturated rings. The third kappa shape index (κ3) is 4.54. The maximum absolute atomic E-state index is 3.56. The molecule has 0 heterocycles. The molecule has 0 amide bonds. The van der Waals surface area contributed by atoms with Gasteiger partial charge in [0.2, 0.25) is 0 Å². The second kappa shape index (κ2) is 7.96. The minimum Gasteiger partial charge on any atom is -0.314 e. The first kappa shape index (κ1) is 14.9. The Hall–Kier alpha value is -0.470. The first-order valence-corrected chi connectivity index (χ1v) is 8.80. The Morgan fingerprint density at radius 3 is 2.84 bits per heavy atom. The zero-order chi connectivity index (χ0) is 13.5. The molecule has 1 atom stereocenters. The van der Waals surface area contributed by atoms with Crippen molar-refractivity contribution >= 4 is 11.8 Å². The molecular weight excluding hydrogens is 250 g/mol. The summed E-state index contributed by atoms with van der Waals surface area (Å²) in [6.45, 7) is 5.57. The van der Waals surface area contributed by atoms with E-state index in [4.69, 9.17) is 0 Å². The third-order valence-corrected chi connectivity index (χ3v) is 5.10. The molecule has 1 aromatic rings. The third-order valence-electron chi connectivity index (χ3n) is 4.02. The Kier molecular flexibility index (Phi) is 6.25. The van der Waals surface area contributed by atoms with Crippen LogP contribution in [-0.4, -0.2) is 18.3 Å². The highest BCUT2D eigenvalue weighted by molar-refractivity contribution is 7.99. The summed E-state index contributed by atoms with van der Waals surface area (Å²) < 4.78 is 0. The van der Waals surface area contributed by atoms with Gasteiger partial charge in [-0.25, -0.2) is 0 Å². The Morgan fingerprint density at radius 2 is 2.05 bits per heavy atom. The second-order valence-electron chi connectivity index (χ2n) is 5.44. The van der Waals surface area contributed by atoms with E-state index in [9.17, 15) is 0 Å². The molecule has 1 N–H and O–H groups in total. The monoisotopic (exact) mass is 277 g/mol. The SMILES string of the molecule is CCNC(CC)CCCSc1ccc2c(c1)CCC2. The lowest BCUT2D eigenvalue weighted by Crippen LogP contribution is -2.28. The minimum absolute atomic E-state index is 0.714. The molecule has 2 rings (SSSR count). The summed E-state index contributed by atoms with van der Waals surface area (Å²) in [5.74, 6) is 1.25. The molecule has 0 spiro atoms. The van der Waals surface area contributed by atoms with Crippen LogP contribution in [0.5, 0.6) is 0 Å². The van der Waals surface area contributed by atoms with E-state index in [0.717, 1.165) is 6.54 Å². The fourth-order valence-electron chi connectivity index (χ4n) is 2.90. The van der Waals surface area contributed by atoms with Crippen molar-refractivity contribution in [1.29, 1.82) is 0 Å². The van der Waals surface area contributed by atoms with Crippen LogP contribution in [0.3, 0.4) is 0 Å². The number of fused-ring (bicyclic) bond motifs is 1. The van der Waals surface area contributed by atoms with Gasteiger partial charge in [-0.3, -0.25) is 0 Å². The Morgan fingerprint density at radius 1 is 1.21 bits per heavy atom. The Labute approximate surface area is 122 Å². The maximum Gasteiger partial charge on any atom is 0.00748 e. The van der Waals surface area contributed by atoms with Gasteiger partial charge in [-0.2, -0.15) is 0 Å². The van der Waals surface area contributed by atoms with Crippen LogP contribution in [-0.2, 0) is 12.8 Å². The first-order chi connectivity index (χ1) is 9.33. The van der Waals surface area contributed by atoms with Crippen LogP contribution >= 0.6 is 11.8 Å². The molecule has 0 bridgehead atoms. The van der Waals surface area contributed by atoms with Crippen LogP contribution in [0.15, 0.2) is 23.1 Å². The highest BCUT2D eigenvalue weighted by Gasteiger charge is 2.11. The van der Waals surface area contributed by atoms with Gasteiger partial charge in [0, 0.05) is 10.9 Å². The molecule has 19 heavy (non-hydrogen) atoms. The van der Waals surface area contributed by atoms with Crippen molar-refractivity contribution in [3.05, 3.63) is 29.3 Å². The Bertz CT molecular complexity index is 389. The molecule has 0 saturated heterocycles. The topological polar surface area (TPSA) is 12.0 Å². The van der Waals surface area contributed by atoms with Crippen molar-refractivity contribution in [2.24, 2.45) is 0 Å². The lowest BCUT2D eigenvalue weighted by atomic mass is 10.1. The standard InChI is InChI=1S/C17H27NS/c1-3-16(18-4-2)9-6-12-19-17-11-10-14-7-5-8-15(14)13-17/h10-11,13,16,18H,3-9,12H2,1-2H3. The van der Waals surface area contributed by atoms with Gasteiger partial charge in [0.05, 0.1) is 0 Å². The van der Waals surface area contributed by atoms with Crippen LogP contribution in [0.1, 0.15) is 50.7 Å². The van der Waals surface area contributed by atoms with E-state index in [1.165, 1.54) is 49.2 Å². The molecule has 0 aliphatic heterocycles. The van der Waals surface area contributed by atoms with Gasteiger partial charge in [0.15, 0.2) is 0 Å². The van der Waals surface area contributed by atoms with E-state index in [1.54, 1.807) is 11.1 Å². The van der Waals surface area contributed by atoms with E-state index in [1.807, 2.05) is 11.8 Å². The number of aryl methyl sites for hydroxylation is 2. The lowest BCUT2D eigenvalue weighted by Gasteiger charge is -2.15. The van der Waals surface area contributed by atoms with Crippen LogP contribution < -0.4 is 5.32 Å². The number of nitrogens with one attached hydrogen (secondary N) is 1. The molecule has 0 saturated carbocycles. The van der Waals surface area contributed by atoms with Crippen molar-refractivity contribution in [2.45, 2.75) is 63.3 Å². The molecule has 0 aromatic heterocycles. The van der Waals surface area contributed by atoms with Gasteiger partial charge >= 0.3 is 0 Å². The van der Waals surface area contributed by atoms with Crippen LogP contribution in [0.2, 0.25) is 0 Å². The van der Waals surface area contributed by atoms with E-state index >= 15 is 0 Å². The smallest absolute Gasteiger partial charge is 0.00748 e. The predicted octanol–water partition coefficient (Wildman–Crippen LogP) is 4.44. The number of benzene rings is 1. The summed E-state index contributed by atoms with van der Waals surface area (Å²) >= 11 is 2.03. The largest absolute Gasteiger partial charge is 0.314 e. The lowest BCUT2D eigenvalue weighted by molar-refractivity contribution is 0.477. The van der Waals surface area contributed by atoms with Crippen molar-refractivity contribution in [1.82, 2.24) is 5.32 Å². The zero-order valence-electron chi connectivity index (χ0n) is 12.4. The molecule has 2 heteroatoms. The molecular formula is C17H27NS. The van der Waals surface area contributed by atoms with Gasteiger partial charge in [0.1, 0.15) is 0 Å². The normalized spacial score (nSPS) is 15.5. The average Bonchev–Trinajstić information content (AvgIpc) is 2.89. The molecule has 1 unspecified atom stereocenters. The van der Waals surface area contributed by atoms with Crippen molar-refractivity contribution in [2.75, 3.05) is 12.3 Å². The van der Waals surface area contributed by atoms with Crippen LogP contribution in [0, 0.1) is 0 Å². The number of hydrogen-bond donors (Lipinski definition) is 1. The van der Waals surface area contributed by atoms with Crippen molar-refractivity contribution in [3.8, 4) is 0 Å². The summed E-state index contributed by atoms with van der Waals surface area (Å²) in [6, 6.07) is 7.80. The van der Waals surface area contributed by atoms with E-state index in [0.29, 0.717) is 6.04 Å². The predicted molar refractivity (Wildman–Crippen MR) is 86.2 cm³/mol.